The van der Waals surface area contributed by atoms with Crippen LogP contribution in [0, 0.1) is 11.8 Å². The standard InChI is InChI=1S/C18H23NO3/c1-12-10-15(16(18(21)22)11-13(12)2)17(20)19-9-8-14-6-4-3-5-7-14/h3-7,15-16H,8-11H2,1-2H3,(H,19,20)(H,21,22)/t15-,16-/m0/s1. The Balaban J connectivity index is 1.94. The minimum absolute atomic E-state index is 0.143. The van der Waals surface area contributed by atoms with Crippen molar-refractivity contribution in [1.82, 2.24) is 5.32 Å². The fourth-order valence-electron chi connectivity index (χ4n) is 2.93. The van der Waals surface area contributed by atoms with Crippen LogP contribution in [0.3, 0.4) is 0 Å². The van der Waals surface area contributed by atoms with Gasteiger partial charge in [0, 0.05) is 6.54 Å². The summed E-state index contributed by atoms with van der Waals surface area (Å²) in [5, 5.41) is 12.3. The lowest BCUT2D eigenvalue weighted by atomic mass is 9.76. The number of aliphatic carboxylic acids is 1. The van der Waals surface area contributed by atoms with Gasteiger partial charge in [-0.05, 0) is 38.7 Å². The van der Waals surface area contributed by atoms with Crippen molar-refractivity contribution in [3.63, 3.8) is 0 Å². The summed E-state index contributed by atoms with van der Waals surface area (Å²) in [6.45, 7) is 4.47. The zero-order valence-corrected chi connectivity index (χ0v) is 13.1. The number of carbonyl (C=O) groups excluding carboxylic acids is 1. The number of amides is 1. The van der Waals surface area contributed by atoms with Crippen molar-refractivity contribution < 1.29 is 14.7 Å². The number of hydrogen-bond donors (Lipinski definition) is 2. The second kappa shape index (κ2) is 7.25. The van der Waals surface area contributed by atoms with E-state index >= 15 is 0 Å². The van der Waals surface area contributed by atoms with Crippen LogP contribution in [0.25, 0.3) is 0 Å². The monoisotopic (exact) mass is 301 g/mol. The Labute approximate surface area is 131 Å². The molecule has 0 saturated carbocycles. The fourth-order valence-corrected chi connectivity index (χ4v) is 2.93. The number of hydrogen-bond acceptors (Lipinski definition) is 2. The number of carboxylic acids is 1. The lowest BCUT2D eigenvalue weighted by Gasteiger charge is -2.29. The molecule has 1 amide bonds. The smallest absolute Gasteiger partial charge is 0.307 e. The van der Waals surface area contributed by atoms with E-state index in [4.69, 9.17) is 0 Å². The minimum atomic E-state index is -0.880. The van der Waals surface area contributed by atoms with Gasteiger partial charge in [0.15, 0.2) is 0 Å². The van der Waals surface area contributed by atoms with E-state index in [-0.39, 0.29) is 5.91 Å². The third kappa shape index (κ3) is 3.97. The highest BCUT2D eigenvalue weighted by atomic mass is 16.4. The molecule has 0 radical (unpaired) electrons. The van der Waals surface area contributed by atoms with Crippen molar-refractivity contribution >= 4 is 11.9 Å². The Morgan fingerprint density at radius 1 is 1.09 bits per heavy atom. The highest BCUT2D eigenvalue weighted by Gasteiger charge is 2.36. The van der Waals surface area contributed by atoms with Crippen molar-refractivity contribution in [3.05, 3.63) is 47.0 Å². The quantitative estimate of drug-likeness (QED) is 0.822. The van der Waals surface area contributed by atoms with Crippen molar-refractivity contribution in [2.24, 2.45) is 11.8 Å². The average molecular weight is 301 g/mol. The van der Waals surface area contributed by atoms with Crippen LogP contribution >= 0.6 is 0 Å². The summed E-state index contributed by atoms with van der Waals surface area (Å²) in [5.74, 6) is -2.09. The fraction of sp³-hybridized carbons (Fsp3) is 0.444. The number of benzene rings is 1. The van der Waals surface area contributed by atoms with E-state index in [0.29, 0.717) is 19.4 Å². The Bertz CT molecular complexity index is 577. The Hall–Kier alpha value is -2.10. The second-order valence-electron chi connectivity index (χ2n) is 6.05. The summed E-state index contributed by atoms with van der Waals surface area (Å²) in [5.41, 5.74) is 3.40. The van der Waals surface area contributed by atoms with E-state index in [1.165, 1.54) is 0 Å². The molecule has 2 rings (SSSR count). The van der Waals surface area contributed by atoms with Crippen molar-refractivity contribution in [3.8, 4) is 0 Å². The molecule has 4 heteroatoms. The molecule has 1 aliphatic rings. The van der Waals surface area contributed by atoms with E-state index in [9.17, 15) is 14.7 Å². The second-order valence-corrected chi connectivity index (χ2v) is 6.05. The molecule has 0 saturated heterocycles. The van der Waals surface area contributed by atoms with Gasteiger partial charge in [0.05, 0.1) is 11.8 Å². The predicted molar refractivity (Wildman–Crippen MR) is 85.4 cm³/mol. The first-order valence-corrected chi connectivity index (χ1v) is 7.68. The van der Waals surface area contributed by atoms with Crippen LogP contribution in [0.5, 0.6) is 0 Å². The molecular weight excluding hydrogens is 278 g/mol. The maximum atomic E-state index is 12.4. The molecule has 118 valence electrons. The first-order chi connectivity index (χ1) is 10.5. The number of allylic oxidation sites excluding steroid dienone is 2. The molecule has 1 aromatic carbocycles. The van der Waals surface area contributed by atoms with E-state index in [2.05, 4.69) is 5.32 Å². The summed E-state index contributed by atoms with van der Waals surface area (Å²) in [7, 11) is 0. The van der Waals surface area contributed by atoms with Gasteiger partial charge in [-0.25, -0.2) is 0 Å². The molecule has 4 nitrogen and oxygen atoms in total. The molecule has 2 N–H and O–H groups in total. The largest absolute Gasteiger partial charge is 0.481 e. The van der Waals surface area contributed by atoms with E-state index < -0.39 is 17.8 Å². The Morgan fingerprint density at radius 2 is 1.68 bits per heavy atom. The molecule has 2 atom stereocenters. The van der Waals surface area contributed by atoms with Gasteiger partial charge in [-0.15, -0.1) is 0 Å². The molecular formula is C18H23NO3. The van der Waals surface area contributed by atoms with Gasteiger partial charge in [-0.3, -0.25) is 9.59 Å². The van der Waals surface area contributed by atoms with E-state index in [0.717, 1.165) is 23.1 Å². The third-order valence-corrected chi connectivity index (χ3v) is 4.48. The van der Waals surface area contributed by atoms with Gasteiger partial charge in [-0.1, -0.05) is 41.5 Å². The molecule has 1 aliphatic carbocycles. The normalized spacial score (nSPS) is 21.5. The third-order valence-electron chi connectivity index (χ3n) is 4.48. The molecule has 0 aliphatic heterocycles. The van der Waals surface area contributed by atoms with Crippen molar-refractivity contribution in [2.45, 2.75) is 33.1 Å². The van der Waals surface area contributed by atoms with Gasteiger partial charge >= 0.3 is 5.97 Å². The van der Waals surface area contributed by atoms with Crippen LogP contribution < -0.4 is 5.32 Å². The van der Waals surface area contributed by atoms with Gasteiger partial charge in [0.2, 0.25) is 5.91 Å². The summed E-state index contributed by atoms with van der Waals surface area (Å²) < 4.78 is 0. The molecule has 0 fully saturated rings. The Kier molecular flexibility index (Phi) is 5.36. The average Bonchev–Trinajstić information content (AvgIpc) is 2.50. The zero-order chi connectivity index (χ0) is 16.1. The number of carbonyl (C=O) groups is 2. The summed E-state index contributed by atoms with van der Waals surface area (Å²) in [6, 6.07) is 9.93. The molecule has 0 bridgehead atoms. The molecule has 0 spiro atoms. The number of rotatable bonds is 5. The first kappa shape index (κ1) is 16.3. The van der Waals surface area contributed by atoms with E-state index in [1.807, 2.05) is 44.2 Å². The van der Waals surface area contributed by atoms with Crippen LogP contribution in [-0.2, 0) is 16.0 Å². The number of carboxylic acid groups (broad SMARTS) is 1. The van der Waals surface area contributed by atoms with Gasteiger partial charge in [0.25, 0.3) is 0 Å². The van der Waals surface area contributed by atoms with Crippen LogP contribution in [0.1, 0.15) is 32.3 Å². The predicted octanol–water partition coefficient (Wildman–Crippen LogP) is 2.79. The van der Waals surface area contributed by atoms with Crippen LogP contribution in [0.4, 0.5) is 0 Å². The van der Waals surface area contributed by atoms with Crippen LogP contribution in [0.2, 0.25) is 0 Å². The lowest BCUT2D eigenvalue weighted by molar-refractivity contribution is -0.147. The minimum Gasteiger partial charge on any atom is -0.481 e. The summed E-state index contributed by atoms with van der Waals surface area (Å²) in [6.07, 6.45) is 1.77. The van der Waals surface area contributed by atoms with Crippen LogP contribution in [-0.4, -0.2) is 23.5 Å². The van der Waals surface area contributed by atoms with E-state index in [1.54, 1.807) is 0 Å². The molecule has 0 aromatic heterocycles. The molecule has 1 aromatic rings. The van der Waals surface area contributed by atoms with Crippen molar-refractivity contribution in [1.29, 1.82) is 0 Å². The zero-order valence-electron chi connectivity index (χ0n) is 13.1. The lowest BCUT2D eigenvalue weighted by Crippen LogP contribution is -2.40. The highest BCUT2D eigenvalue weighted by molar-refractivity contribution is 5.85. The topological polar surface area (TPSA) is 66.4 Å². The number of nitrogens with one attached hydrogen (secondary N) is 1. The SMILES string of the molecule is CC1=C(C)C[C@H](C(=O)NCCc2ccccc2)[C@@H](C(=O)O)C1. The molecule has 0 heterocycles. The summed E-state index contributed by atoms with van der Waals surface area (Å²) >= 11 is 0. The van der Waals surface area contributed by atoms with Crippen LogP contribution in [0.15, 0.2) is 41.5 Å². The first-order valence-electron chi connectivity index (χ1n) is 7.68. The Morgan fingerprint density at radius 3 is 2.27 bits per heavy atom. The maximum Gasteiger partial charge on any atom is 0.307 e. The van der Waals surface area contributed by atoms with Gasteiger partial charge < -0.3 is 10.4 Å². The maximum absolute atomic E-state index is 12.4. The van der Waals surface area contributed by atoms with Crippen molar-refractivity contribution in [2.75, 3.05) is 6.54 Å². The molecule has 0 unspecified atom stereocenters. The van der Waals surface area contributed by atoms with Gasteiger partial charge in [0.1, 0.15) is 0 Å². The highest BCUT2D eigenvalue weighted by Crippen LogP contribution is 2.34. The van der Waals surface area contributed by atoms with Gasteiger partial charge in [-0.2, -0.15) is 0 Å². The summed E-state index contributed by atoms with van der Waals surface area (Å²) in [4.78, 5) is 23.8. The molecule has 22 heavy (non-hydrogen) atoms.